The second-order valence-electron chi connectivity index (χ2n) is 4.86. The SMILES string of the molecule is COc1ccccc1CC(=O)N[C@H](C)Cc1cnccn1. The Balaban J connectivity index is 1.89. The lowest BCUT2D eigenvalue weighted by atomic mass is 10.1. The van der Waals surface area contributed by atoms with Gasteiger partial charge in [0.25, 0.3) is 0 Å². The van der Waals surface area contributed by atoms with Gasteiger partial charge in [0, 0.05) is 36.6 Å². The highest BCUT2D eigenvalue weighted by atomic mass is 16.5. The molecule has 5 nitrogen and oxygen atoms in total. The van der Waals surface area contributed by atoms with Gasteiger partial charge in [-0.25, -0.2) is 0 Å². The minimum absolute atomic E-state index is 0.00362. The van der Waals surface area contributed by atoms with Crippen LogP contribution < -0.4 is 10.1 Å². The zero-order valence-corrected chi connectivity index (χ0v) is 12.2. The average molecular weight is 285 g/mol. The number of nitrogens with one attached hydrogen (secondary N) is 1. The molecule has 1 atom stereocenters. The molecule has 2 rings (SSSR count). The molecule has 1 heterocycles. The number of para-hydroxylation sites is 1. The maximum Gasteiger partial charge on any atom is 0.224 e. The van der Waals surface area contributed by atoms with Crippen LogP contribution in [0.4, 0.5) is 0 Å². The Bertz CT molecular complexity index is 587. The standard InChI is InChI=1S/C16H19N3O2/c1-12(9-14-11-17-7-8-18-14)19-16(20)10-13-5-3-4-6-15(13)21-2/h3-8,11-12H,9-10H2,1-2H3,(H,19,20)/t12-/m1/s1. The van der Waals surface area contributed by atoms with Crippen LogP contribution in [0.15, 0.2) is 42.9 Å². The Hall–Kier alpha value is -2.43. The summed E-state index contributed by atoms with van der Waals surface area (Å²) in [5, 5.41) is 2.97. The van der Waals surface area contributed by atoms with Gasteiger partial charge in [-0.2, -0.15) is 0 Å². The molecule has 0 bridgehead atoms. The van der Waals surface area contributed by atoms with Gasteiger partial charge in [-0.1, -0.05) is 18.2 Å². The normalized spacial score (nSPS) is 11.7. The number of ether oxygens (including phenoxy) is 1. The van der Waals surface area contributed by atoms with Crippen molar-refractivity contribution in [3.63, 3.8) is 0 Å². The lowest BCUT2D eigenvalue weighted by Gasteiger charge is -2.14. The monoisotopic (exact) mass is 285 g/mol. The molecule has 21 heavy (non-hydrogen) atoms. The molecular weight excluding hydrogens is 266 g/mol. The number of aromatic nitrogens is 2. The van der Waals surface area contributed by atoms with E-state index in [0.29, 0.717) is 12.8 Å². The van der Waals surface area contributed by atoms with Gasteiger partial charge in [-0.15, -0.1) is 0 Å². The molecule has 0 aliphatic carbocycles. The van der Waals surface area contributed by atoms with Crippen molar-refractivity contribution in [3.05, 3.63) is 54.1 Å². The summed E-state index contributed by atoms with van der Waals surface area (Å²) in [5.41, 5.74) is 1.74. The molecule has 1 aromatic heterocycles. The van der Waals surface area contributed by atoms with Gasteiger partial charge in [0.2, 0.25) is 5.91 Å². The van der Waals surface area contributed by atoms with Gasteiger partial charge in [0.05, 0.1) is 19.2 Å². The maximum atomic E-state index is 12.1. The minimum Gasteiger partial charge on any atom is -0.496 e. The molecule has 1 amide bonds. The molecule has 1 aromatic carbocycles. The van der Waals surface area contributed by atoms with Gasteiger partial charge in [0.1, 0.15) is 5.75 Å². The van der Waals surface area contributed by atoms with Gasteiger partial charge < -0.3 is 10.1 Å². The summed E-state index contributed by atoms with van der Waals surface area (Å²) in [6.07, 6.45) is 5.95. The van der Waals surface area contributed by atoms with Crippen LogP contribution in [0.1, 0.15) is 18.2 Å². The third kappa shape index (κ3) is 4.56. The summed E-state index contributed by atoms with van der Waals surface area (Å²) in [5.74, 6) is 0.699. The second kappa shape index (κ2) is 7.38. The predicted octanol–water partition coefficient (Wildman–Crippen LogP) is 1.78. The van der Waals surface area contributed by atoms with E-state index in [-0.39, 0.29) is 11.9 Å². The highest BCUT2D eigenvalue weighted by Crippen LogP contribution is 2.17. The van der Waals surface area contributed by atoms with Crippen molar-refractivity contribution < 1.29 is 9.53 Å². The lowest BCUT2D eigenvalue weighted by molar-refractivity contribution is -0.121. The molecular formula is C16H19N3O2. The van der Waals surface area contributed by atoms with Crippen molar-refractivity contribution in [3.8, 4) is 5.75 Å². The number of nitrogens with zero attached hydrogens (tertiary/aromatic N) is 2. The fraction of sp³-hybridized carbons (Fsp3) is 0.312. The summed E-state index contributed by atoms with van der Waals surface area (Å²) in [7, 11) is 1.60. The van der Waals surface area contributed by atoms with Crippen molar-refractivity contribution >= 4 is 5.91 Å². The average Bonchev–Trinajstić information content (AvgIpc) is 2.48. The summed E-state index contributed by atoms with van der Waals surface area (Å²) < 4.78 is 5.25. The molecule has 0 fully saturated rings. The molecule has 2 aromatic rings. The highest BCUT2D eigenvalue weighted by Gasteiger charge is 2.11. The second-order valence-corrected chi connectivity index (χ2v) is 4.86. The molecule has 0 aliphatic rings. The van der Waals surface area contributed by atoms with Crippen LogP contribution in [0.2, 0.25) is 0 Å². The van der Waals surface area contributed by atoms with E-state index >= 15 is 0 Å². The first-order valence-corrected chi connectivity index (χ1v) is 6.85. The zero-order chi connectivity index (χ0) is 15.1. The van der Waals surface area contributed by atoms with Crippen LogP contribution in [-0.2, 0) is 17.6 Å². The number of amides is 1. The first-order chi connectivity index (χ1) is 10.2. The fourth-order valence-electron chi connectivity index (χ4n) is 2.15. The van der Waals surface area contributed by atoms with Crippen LogP contribution in [0.5, 0.6) is 5.75 Å². The van der Waals surface area contributed by atoms with E-state index in [1.54, 1.807) is 25.7 Å². The highest BCUT2D eigenvalue weighted by molar-refractivity contribution is 5.79. The summed E-state index contributed by atoms with van der Waals surface area (Å²) in [6, 6.07) is 7.53. The predicted molar refractivity (Wildman–Crippen MR) is 80.0 cm³/mol. The Morgan fingerprint density at radius 3 is 2.86 bits per heavy atom. The largest absolute Gasteiger partial charge is 0.496 e. The summed E-state index contributed by atoms with van der Waals surface area (Å²) >= 11 is 0. The molecule has 0 spiro atoms. The molecule has 0 radical (unpaired) electrons. The first-order valence-electron chi connectivity index (χ1n) is 6.85. The molecule has 1 N–H and O–H groups in total. The number of benzene rings is 1. The number of methoxy groups -OCH3 is 1. The number of carbonyl (C=O) groups excluding carboxylic acids is 1. The van der Waals surface area contributed by atoms with Gasteiger partial charge >= 0.3 is 0 Å². The van der Waals surface area contributed by atoms with Crippen molar-refractivity contribution in [2.24, 2.45) is 0 Å². The van der Waals surface area contributed by atoms with E-state index in [0.717, 1.165) is 17.0 Å². The van der Waals surface area contributed by atoms with E-state index in [2.05, 4.69) is 15.3 Å². The molecule has 0 aliphatic heterocycles. The molecule has 0 saturated carbocycles. The number of rotatable bonds is 6. The van der Waals surface area contributed by atoms with Crippen LogP contribution >= 0.6 is 0 Å². The Kier molecular flexibility index (Phi) is 5.26. The van der Waals surface area contributed by atoms with Crippen molar-refractivity contribution in [1.82, 2.24) is 15.3 Å². The van der Waals surface area contributed by atoms with Crippen molar-refractivity contribution in [1.29, 1.82) is 0 Å². The fourth-order valence-corrected chi connectivity index (χ4v) is 2.15. The lowest BCUT2D eigenvalue weighted by Crippen LogP contribution is -2.35. The zero-order valence-electron chi connectivity index (χ0n) is 12.2. The molecule has 110 valence electrons. The van der Waals surface area contributed by atoms with Crippen molar-refractivity contribution in [2.75, 3.05) is 7.11 Å². The molecule has 5 heteroatoms. The summed E-state index contributed by atoms with van der Waals surface area (Å²) in [4.78, 5) is 20.3. The van der Waals surface area contributed by atoms with Gasteiger partial charge in [0.15, 0.2) is 0 Å². The smallest absolute Gasteiger partial charge is 0.224 e. The van der Waals surface area contributed by atoms with Gasteiger partial charge in [-0.05, 0) is 13.0 Å². The maximum absolute atomic E-state index is 12.1. The van der Waals surface area contributed by atoms with E-state index in [4.69, 9.17) is 4.74 Å². The first kappa shape index (κ1) is 15.0. The molecule has 0 unspecified atom stereocenters. The van der Waals surface area contributed by atoms with E-state index in [9.17, 15) is 4.79 Å². The van der Waals surface area contributed by atoms with Crippen LogP contribution in [-0.4, -0.2) is 29.0 Å². The Morgan fingerprint density at radius 1 is 1.33 bits per heavy atom. The van der Waals surface area contributed by atoms with E-state index < -0.39 is 0 Å². The molecule has 0 saturated heterocycles. The number of hydrogen-bond donors (Lipinski definition) is 1. The summed E-state index contributed by atoms with van der Waals surface area (Å²) in [6.45, 7) is 1.95. The third-order valence-corrected chi connectivity index (χ3v) is 3.08. The minimum atomic E-state index is -0.0316. The van der Waals surface area contributed by atoms with Crippen LogP contribution in [0.25, 0.3) is 0 Å². The van der Waals surface area contributed by atoms with E-state index in [1.807, 2.05) is 31.2 Å². The van der Waals surface area contributed by atoms with Crippen molar-refractivity contribution in [2.45, 2.75) is 25.8 Å². The third-order valence-electron chi connectivity index (χ3n) is 3.08. The van der Waals surface area contributed by atoms with Crippen LogP contribution in [0, 0.1) is 0 Å². The Labute approximate surface area is 124 Å². The van der Waals surface area contributed by atoms with E-state index in [1.165, 1.54) is 0 Å². The van der Waals surface area contributed by atoms with Crippen LogP contribution in [0.3, 0.4) is 0 Å². The van der Waals surface area contributed by atoms with Gasteiger partial charge in [-0.3, -0.25) is 14.8 Å². The Morgan fingerprint density at radius 2 is 2.14 bits per heavy atom. The topological polar surface area (TPSA) is 64.1 Å². The quantitative estimate of drug-likeness (QED) is 0.878. The number of hydrogen-bond acceptors (Lipinski definition) is 4. The number of carbonyl (C=O) groups is 1.